The molecule has 0 atom stereocenters. The number of nitrogens with one attached hydrogen (secondary N) is 3. The first-order chi connectivity index (χ1) is 19.9. The molecule has 1 aliphatic heterocycles. The number of imidazole rings is 1. The molecule has 1 saturated heterocycles. The topological polar surface area (TPSA) is 163 Å². The number of anilines is 3. The summed E-state index contributed by atoms with van der Waals surface area (Å²) in [7, 11) is 0. The molecule has 2 amide bonds. The number of benzene rings is 1. The van der Waals surface area contributed by atoms with Gasteiger partial charge in [0.1, 0.15) is 0 Å². The summed E-state index contributed by atoms with van der Waals surface area (Å²) < 4.78 is 2.22. The van der Waals surface area contributed by atoms with Crippen LogP contribution in [0.2, 0.25) is 0 Å². The van der Waals surface area contributed by atoms with Gasteiger partial charge >= 0.3 is 12.0 Å². The lowest BCUT2D eigenvalue weighted by Crippen LogP contribution is -2.44. The molecule has 3 fully saturated rings. The molecule has 0 unspecified atom stereocenters. The van der Waals surface area contributed by atoms with Gasteiger partial charge in [0.05, 0.1) is 17.6 Å². The number of nitrogens with two attached hydrogens (primary N) is 1. The Balaban J connectivity index is 1.15. The molecule has 3 aromatic rings. The standard InChI is InChI=1S/C29H39N9O3/c30-18-9-11-19(12-10-18)33-28-35-25(24-26(36-28)38(17-31-24)21-5-1-2-6-21)32-20-13-15-37(16-14-20)29(41)34-23-8-4-3-7-22(23)27(39)40/h3-4,7-8,17-21H,1-2,5-6,9-16,30H2,(H,34,41)(H,39,40)(H2,32,33,35,36). The van der Waals surface area contributed by atoms with Crippen LogP contribution in [0.1, 0.15) is 80.6 Å². The molecule has 0 radical (unpaired) electrons. The van der Waals surface area contributed by atoms with Crippen molar-refractivity contribution in [2.45, 2.75) is 88.4 Å². The Morgan fingerprint density at radius 3 is 2.34 bits per heavy atom. The fraction of sp³-hybridized carbons (Fsp3) is 0.552. The number of piperidine rings is 1. The summed E-state index contributed by atoms with van der Waals surface area (Å²) in [6.07, 6.45) is 12.1. The molecular formula is C29H39N9O3. The number of urea groups is 1. The molecule has 6 N–H and O–H groups in total. The molecule has 12 nitrogen and oxygen atoms in total. The van der Waals surface area contributed by atoms with E-state index in [9.17, 15) is 14.7 Å². The van der Waals surface area contributed by atoms with Crippen LogP contribution in [0.4, 0.5) is 22.2 Å². The average Bonchev–Trinajstić information content (AvgIpc) is 3.65. The van der Waals surface area contributed by atoms with Crippen molar-refractivity contribution in [2.24, 2.45) is 5.73 Å². The number of nitrogens with zero attached hydrogens (tertiary/aromatic N) is 5. The number of amides is 2. The molecule has 218 valence electrons. The highest BCUT2D eigenvalue weighted by atomic mass is 16.4. The van der Waals surface area contributed by atoms with Crippen molar-refractivity contribution >= 4 is 40.6 Å². The molecule has 0 bridgehead atoms. The predicted molar refractivity (Wildman–Crippen MR) is 157 cm³/mol. The van der Waals surface area contributed by atoms with E-state index >= 15 is 0 Å². The molecule has 12 heteroatoms. The van der Waals surface area contributed by atoms with Gasteiger partial charge in [0.15, 0.2) is 17.0 Å². The zero-order valence-corrected chi connectivity index (χ0v) is 23.3. The maximum atomic E-state index is 12.9. The van der Waals surface area contributed by atoms with Gasteiger partial charge in [0.2, 0.25) is 5.95 Å². The number of fused-ring (bicyclic) bond motifs is 1. The summed E-state index contributed by atoms with van der Waals surface area (Å²) in [5, 5.41) is 19.4. The van der Waals surface area contributed by atoms with E-state index in [4.69, 9.17) is 20.7 Å². The summed E-state index contributed by atoms with van der Waals surface area (Å²) in [6, 6.07) is 7.25. The summed E-state index contributed by atoms with van der Waals surface area (Å²) in [5.41, 5.74) is 8.13. The van der Waals surface area contributed by atoms with Crippen LogP contribution in [0, 0.1) is 0 Å². The lowest BCUT2D eigenvalue weighted by molar-refractivity contribution is 0.0698. The van der Waals surface area contributed by atoms with E-state index in [1.54, 1.807) is 23.1 Å². The highest BCUT2D eigenvalue weighted by Gasteiger charge is 2.27. The highest BCUT2D eigenvalue weighted by molar-refractivity contribution is 6.00. The van der Waals surface area contributed by atoms with Gasteiger partial charge in [-0.2, -0.15) is 9.97 Å². The first-order valence-electron chi connectivity index (χ1n) is 14.9. The number of carboxylic acids is 1. The number of para-hydroxylation sites is 1. The van der Waals surface area contributed by atoms with E-state index in [0.717, 1.165) is 68.3 Å². The van der Waals surface area contributed by atoms with Crippen LogP contribution in [0.5, 0.6) is 0 Å². The molecule has 2 aromatic heterocycles. The molecule has 41 heavy (non-hydrogen) atoms. The Kier molecular flexibility index (Phi) is 7.91. The van der Waals surface area contributed by atoms with Crippen LogP contribution in [0.25, 0.3) is 11.2 Å². The van der Waals surface area contributed by atoms with Gasteiger partial charge in [-0.1, -0.05) is 25.0 Å². The number of likely N-dealkylation sites (tertiary alicyclic amines) is 1. The van der Waals surface area contributed by atoms with E-state index in [-0.39, 0.29) is 23.7 Å². The van der Waals surface area contributed by atoms with Crippen LogP contribution < -0.4 is 21.7 Å². The first kappa shape index (κ1) is 27.3. The minimum Gasteiger partial charge on any atom is -0.478 e. The Bertz CT molecular complexity index is 1390. The molecule has 6 rings (SSSR count). The second-order valence-electron chi connectivity index (χ2n) is 11.6. The van der Waals surface area contributed by atoms with Crippen molar-refractivity contribution in [3.8, 4) is 0 Å². The van der Waals surface area contributed by atoms with Crippen molar-refractivity contribution < 1.29 is 14.7 Å². The molecular weight excluding hydrogens is 522 g/mol. The van der Waals surface area contributed by atoms with E-state index in [0.29, 0.717) is 36.8 Å². The van der Waals surface area contributed by atoms with Crippen LogP contribution in [0.15, 0.2) is 30.6 Å². The lowest BCUT2D eigenvalue weighted by atomic mass is 9.92. The summed E-state index contributed by atoms with van der Waals surface area (Å²) in [4.78, 5) is 40.7. The zero-order chi connectivity index (χ0) is 28.3. The fourth-order valence-corrected chi connectivity index (χ4v) is 6.37. The largest absolute Gasteiger partial charge is 0.478 e. The third-order valence-corrected chi connectivity index (χ3v) is 8.77. The predicted octanol–water partition coefficient (Wildman–Crippen LogP) is 4.43. The SMILES string of the molecule is NC1CCC(Nc2nc(NC3CCN(C(=O)Nc4ccccc4C(=O)O)CC3)c3ncn(C4CCCC4)c3n2)CC1. The van der Waals surface area contributed by atoms with Crippen molar-refractivity contribution in [1.82, 2.24) is 24.4 Å². The minimum absolute atomic E-state index is 0.0720. The monoisotopic (exact) mass is 561 g/mol. The molecule has 2 aliphatic carbocycles. The number of carboxylic acid groups (broad SMARTS) is 1. The van der Waals surface area contributed by atoms with Gasteiger partial charge < -0.3 is 36.3 Å². The lowest BCUT2D eigenvalue weighted by Gasteiger charge is -2.33. The average molecular weight is 562 g/mol. The second-order valence-corrected chi connectivity index (χ2v) is 11.6. The highest BCUT2D eigenvalue weighted by Crippen LogP contribution is 2.34. The van der Waals surface area contributed by atoms with E-state index in [1.807, 2.05) is 6.33 Å². The number of carbonyl (C=O) groups is 2. The normalized spacial score (nSPS) is 22.1. The van der Waals surface area contributed by atoms with Gasteiger partial charge in [-0.15, -0.1) is 0 Å². The van der Waals surface area contributed by atoms with E-state index in [2.05, 4.69) is 20.5 Å². The van der Waals surface area contributed by atoms with Crippen LogP contribution >= 0.6 is 0 Å². The molecule has 2 saturated carbocycles. The van der Waals surface area contributed by atoms with Crippen molar-refractivity contribution in [1.29, 1.82) is 0 Å². The fourth-order valence-electron chi connectivity index (χ4n) is 6.37. The number of hydrogen-bond acceptors (Lipinski definition) is 8. The molecule has 0 spiro atoms. The number of hydrogen-bond donors (Lipinski definition) is 5. The van der Waals surface area contributed by atoms with Crippen molar-refractivity contribution in [3.05, 3.63) is 36.2 Å². The summed E-state index contributed by atoms with van der Waals surface area (Å²) >= 11 is 0. The third kappa shape index (κ3) is 6.07. The second kappa shape index (κ2) is 11.9. The maximum absolute atomic E-state index is 12.9. The Hall–Kier alpha value is -3.93. The van der Waals surface area contributed by atoms with Gasteiger partial charge in [0.25, 0.3) is 0 Å². The van der Waals surface area contributed by atoms with Gasteiger partial charge in [0, 0.05) is 37.3 Å². The van der Waals surface area contributed by atoms with Gasteiger partial charge in [-0.3, -0.25) is 0 Å². The number of aromatic nitrogens is 4. The van der Waals surface area contributed by atoms with E-state index < -0.39 is 5.97 Å². The number of rotatable bonds is 7. The Labute approximate surface area is 239 Å². The first-order valence-corrected chi connectivity index (χ1v) is 14.9. The zero-order valence-electron chi connectivity index (χ0n) is 23.3. The molecule has 1 aromatic carbocycles. The number of carbonyl (C=O) groups excluding carboxylic acids is 1. The maximum Gasteiger partial charge on any atom is 0.337 e. The Morgan fingerprint density at radius 1 is 0.902 bits per heavy atom. The smallest absolute Gasteiger partial charge is 0.337 e. The van der Waals surface area contributed by atoms with Crippen LogP contribution in [-0.2, 0) is 0 Å². The summed E-state index contributed by atoms with van der Waals surface area (Å²) in [5.74, 6) is 0.269. The van der Waals surface area contributed by atoms with Gasteiger partial charge in [-0.25, -0.2) is 14.6 Å². The van der Waals surface area contributed by atoms with Crippen molar-refractivity contribution in [3.63, 3.8) is 0 Å². The van der Waals surface area contributed by atoms with Crippen LogP contribution in [-0.4, -0.2) is 72.7 Å². The quantitative estimate of drug-likeness (QED) is 0.281. The van der Waals surface area contributed by atoms with Crippen molar-refractivity contribution in [2.75, 3.05) is 29.0 Å². The Morgan fingerprint density at radius 2 is 1.61 bits per heavy atom. The number of aromatic carboxylic acids is 1. The van der Waals surface area contributed by atoms with E-state index in [1.165, 1.54) is 18.9 Å². The van der Waals surface area contributed by atoms with Crippen LogP contribution in [0.3, 0.4) is 0 Å². The van der Waals surface area contributed by atoms with Gasteiger partial charge in [-0.05, 0) is 63.5 Å². The third-order valence-electron chi connectivity index (χ3n) is 8.77. The molecule has 3 aliphatic rings. The summed E-state index contributed by atoms with van der Waals surface area (Å²) in [6.45, 7) is 1.08. The molecule has 3 heterocycles. The minimum atomic E-state index is -1.07.